The molecule has 2 aromatic rings. The first kappa shape index (κ1) is 18.6. The fraction of sp³-hybridized carbons (Fsp3) is 0.235. The van der Waals surface area contributed by atoms with Crippen molar-refractivity contribution >= 4 is 6.03 Å². The third-order valence-electron chi connectivity index (χ3n) is 3.39. The van der Waals surface area contributed by atoms with E-state index in [0.717, 1.165) is 12.1 Å². The molecule has 0 fully saturated rings. The number of urea groups is 1. The number of alkyl halides is 2. The summed E-state index contributed by atoms with van der Waals surface area (Å²) in [6, 6.07) is 8.16. The molecule has 0 spiro atoms. The molecule has 0 saturated carbocycles. The summed E-state index contributed by atoms with van der Waals surface area (Å²) < 4.78 is 54.4. The lowest BCUT2D eigenvalue weighted by Gasteiger charge is -2.15. The summed E-state index contributed by atoms with van der Waals surface area (Å²) >= 11 is 0. The molecular weight excluding hydrogens is 340 g/mol. The smallest absolute Gasteiger partial charge is 0.387 e. The molecule has 0 aliphatic heterocycles. The van der Waals surface area contributed by atoms with Gasteiger partial charge in [0.2, 0.25) is 0 Å². The van der Waals surface area contributed by atoms with Crippen LogP contribution in [0.1, 0.15) is 24.1 Å². The van der Waals surface area contributed by atoms with Gasteiger partial charge in [-0.05, 0) is 42.3 Å². The summed E-state index contributed by atoms with van der Waals surface area (Å²) in [6.07, 6.45) is 0. The first-order valence-corrected chi connectivity index (χ1v) is 7.38. The van der Waals surface area contributed by atoms with Gasteiger partial charge >= 0.3 is 12.6 Å². The van der Waals surface area contributed by atoms with Gasteiger partial charge < -0.3 is 15.4 Å². The Kier molecular flexibility index (Phi) is 6.21. The van der Waals surface area contributed by atoms with Crippen LogP contribution in [-0.2, 0) is 6.54 Å². The fourth-order valence-electron chi connectivity index (χ4n) is 2.08. The Morgan fingerprint density at radius 2 is 1.76 bits per heavy atom. The van der Waals surface area contributed by atoms with Gasteiger partial charge in [-0.15, -0.1) is 0 Å². The molecule has 4 nitrogen and oxygen atoms in total. The van der Waals surface area contributed by atoms with E-state index in [4.69, 9.17) is 0 Å². The van der Waals surface area contributed by atoms with E-state index in [2.05, 4.69) is 15.4 Å². The van der Waals surface area contributed by atoms with E-state index in [0.29, 0.717) is 11.1 Å². The highest BCUT2D eigenvalue weighted by molar-refractivity contribution is 5.74. The Morgan fingerprint density at radius 3 is 2.36 bits per heavy atom. The van der Waals surface area contributed by atoms with Crippen LogP contribution in [0.4, 0.5) is 22.4 Å². The zero-order valence-corrected chi connectivity index (χ0v) is 13.2. The lowest BCUT2D eigenvalue weighted by Crippen LogP contribution is -2.36. The number of benzene rings is 2. The van der Waals surface area contributed by atoms with Crippen molar-refractivity contribution < 1.29 is 27.1 Å². The third kappa shape index (κ3) is 5.66. The molecule has 0 radical (unpaired) electrons. The monoisotopic (exact) mass is 356 g/mol. The third-order valence-corrected chi connectivity index (χ3v) is 3.39. The van der Waals surface area contributed by atoms with Crippen LogP contribution in [0.2, 0.25) is 0 Å². The maximum atomic E-state index is 13.2. The Morgan fingerprint density at radius 1 is 1.08 bits per heavy atom. The number of hydrogen-bond acceptors (Lipinski definition) is 2. The highest BCUT2D eigenvalue weighted by atomic mass is 19.3. The molecule has 2 amide bonds. The average molecular weight is 356 g/mol. The Bertz CT molecular complexity index is 723. The second-order valence-electron chi connectivity index (χ2n) is 5.24. The van der Waals surface area contributed by atoms with Gasteiger partial charge in [0.25, 0.3) is 0 Å². The minimum absolute atomic E-state index is 0.0233. The number of amides is 2. The van der Waals surface area contributed by atoms with Gasteiger partial charge in [-0.2, -0.15) is 8.78 Å². The van der Waals surface area contributed by atoms with Crippen LogP contribution in [-0.4, -0.2) is 12.6 Å². The molecular formula is C17H16F4N2O2. The molecule has 2 N–H and O–H groups in total. The highest BCUT2D eigenvalue weighted by Gasteiger charge is 2.12. The zero-order valence-electron chi connectivity index (χ0n) is 13.2. The maximum Gasteiger partial charge on any atom is 0.387 e. The van der Waals surface area contributed by atoms with Crippen LogP contribution in [0, 0.1) is 11.6 Å². The molecule has 25 heavy (non-hydrogen) atoms. The fourth-order valence-corrected chi connectivity index (χ4v) is 2.08. The van der Waals surface area contributed by atoms with Crippen molar-refractivity contribution in [1.29, 1.82) is 0 Å². The van der Waals surface area contributed by atoms with Gasteiger partial charge in [-0.25, -0.2) is 13.6 Å². The van der Waals surface area contributed by atoms with Crippen molar-refractivity contribution in [2.24, 2.45) is 0 Å². The van der Waals surface area contributed by atoms with Crippen molar-refractivity contribution in [3.63, 3.8) is 0 Å². The second kappa shape index (κ2) is 8.36. The Balaban J connectivity index is 1.84. The summed E-state index contributed by atoms with van der Waals surface area (Å²) in [5.41, 5.74) is 1.10. The molecule has 1 atom stereocenters. The van der Waals surface area contributed by atoms with Crippen molar-refractivity contribution in [2.45, 2.75) is 26.1 Å². The molecule has 0 aliphatic rings. The van der Waals surface area contributed by atoms with Crippen LogP contribution < -0.4 is 15.4 Å². The van der Waals surface area contributed by atoms with Crippen LogP contribution in [0.15, 0.2) is 42.5 Å². The molecule has 0 bridgehead atoms. The van der Waals surface area contributed by atoms with E-state index in [-0.39, 0.29) is 12.3 Å². The number of carbonyl (C=O) groups is 1. The molecule has 0 saturated heterocycles. The van der Waals surface area contributed by atoms with Gasteiger partial charge in [0, 0.05) is 6.54 Å². The largest absolute Gasteiger partial charge is 0.435 e. The number of ether oxygens (including phenoxy) is 1. The maximum absolute atomic E-state index is 13.2. The number of halogens is 4. The van der Waals surface area contributed by atoms with E-state index < -0.39 is 30.3 Å². The number of nitrogens with one attached hydrogen (secondary N) is 2. The summed E-state index contributed by atoms with van der Waals surface area (Å²) in [4.78, 5) is 11.9. The quantitative estimate of drug-likeness (QED) is 0.765. The van der Waals surface area contributed by atoms with Gasteiger partial charge in [-0.1, -0.05) is 18.2 Å². The standard InChI is InChI=1S/C17H16F4N2O2/c1-10(12-4-7-14(18)15(19)8-12)23-17(24)22-9-11-2-5-13(6-3-11)25-16(20)21/h2-8,10,16H,9H2,1H3,(H2,22,23,24). The molecule has 0 heterocycles. The van der Waals surface area contributed by atoms with Gasteiger partial charge in [0.1, 0.15) is 5.75 Å². The van der Waals surface area contributed by atoms with Crippen LogP contribution in [0.3, 0.4) is 0 Å². The topological polar surface area (TPSA) is 50.4 Å². The first-order valence-electron chi connectivity index (χ1n) is 7.38. The predicted molar refractivity (Wildman–Crippen MR) is 83.2 cm³/mol. The molecule has 134 valence electrons. The minimum atomic E-state index is -2.90. The van der Waals surface area contributed by atoms with Crippen LogP contribution >= 0.6 is 0 Å². The van der Waals surface area contributed by atoms with Gasteiger partial charge in [0.15, 0.2) is 11.6 Å². The van der Waals surface area contributed by atoms with E-state index in [9.17, 15) is 22.4 Å². The molecule has 2 rings (SSSR count). The lowest BCUT2D eigenvalue weighted by atomic mass is 10.1. The summed E-state index contributed by atoms with van der Waals surface area (Å²) in [6.45, 7) is -1.11. The minimum Gasteiger partial charge on any atom is -0.435 e. The van der Waals surface area contributed by atoms with Crippen LogP contribution in [0.5, 0.6) is 5.75 Å². The lowest BCUT2D eigenvalue weighted by molar-refractivity contribution is -0.0498. The highest BCUT2D eigenvalue weighted by Crippen LogP contribution is 2.16. The van der Waals surface area contributed by atoms with Crippen molar-refractivity contribution in [2.75, 3.05) is 0 Å². The molecule has 1 unspecified atom stereocenters. The normalized spacial score (nSPS) is 11.9. The average Bonchev–Trinajstić information content (AvgIpc) is 2.56. The molecule has 0 aliphatic carbocycles. The van der Waals surface area contributed by atoms with Crippen LogP contribution in [0.25, 0.3) is 0 Å². The second-order valence-corrected chi connectivity index (χ2v) is 5.24. The van der Waals surface area contributed by atoms with Crippen molar-refractivity contribution in [1.82, 2.24) is 10.6 Å². The van der Waals surface area contributed by atoms with Crippen molar-refractivity contribution in [3.8, 4) is 5.75 Å². The zero-order chi connectivity index (χ0) is 18.4. The number of carbonyl (C=O) groups excluding carboxylic acids is 1. The SMILES string of the molecule is CC(NC(=O)NCc1ccc(OC(F)F)cc1)c1ccc(F)c(F)c1. The summed E-state index contributed by atoms with van der Waals surface area (Å²) in [5.74, 6) is -1.92. The number of hydrogen-bond donors (Lipinski definition) is 2. The molecule has 0 aromatic heterocycles. The summed E-state index contributed by atoms with van der Waals surface area (Å²) in [7, 11) is 0. The van der Waals surface area contributed by atoms with E-state index in [1.165, 1.54) is 30.3 Å². The van der Waals surface area contributed by atoms with E-state index >= 15 is 0 Å². The Hall–Kier alpha value is -2.77. The molecule has 8 heteroatoms. The predicted octanol–water partition coefficient (Wildman–Crippen LogP) is 4.13. The van der Waals surface area contributed by atoms with Gasteiger partial charge in [-0.3, -0.25) is 0 Å². The van der Waals surface area contributed by atoms with Gasteiger partial charge in [0.05, 0.1) is 6.04 Å². The number of rotatable bonds is 6. The summed E-state index contributed by atoms with van der Waals surface area (Å²) in [5, 5.41) is 5.17. The van der Waals surface area contributed by atoms with E-state index in [1.807, 2.05) is 0 Å². The van der Waals surface area contributed by atoms with E-state index in [1.54, 1.807) is 6.92 Å². The van der Waals surface area contributed by atoms with Crippen molar-refractivity contribution in [3.05, 3.63) is 65.2 Å². The molecule has 2 aromatic carbocycles. The Labute approximate surface area is 141 Å². The first-order chi connectivity index (χ1) is 11.8.